The summed E-state index contributed by atoms with van der Waals surface area (Å²) in [7, 11) is 0. The Morgan fingerprint density at radius 3 is 2.37 bits per heavy atom. The van der Waals surface area contributed by atoms with E-state index >= 15 is 0 Å². The highest BCUT2D eigenvalue weighted by Crippen LogP contribution is 2.31. The van der Waals surface area contributed by atoms with Gasteiger partial charge in [0.1, 0.15) is 5.75 Å². The zero-order valence-corrected chi connectivity index (χ0v) is 21.2. The quantitative estimate of drug-likeness (QED) is 0.308. The molecule has 0 radical (unpaired) electrons. The monoisotopic (exact) mass is 517 g/mol. The van der Waals surface area contributed by atoms with E-state index in [1.165, 1.54) is 12.1 Å². The molecule has 4 rings (SSSR count). The van der Waals surface area contributed by atoms with Crippen LogP contribution in [0.2, 0.25) is 0 Å². The third kappa shape index (κ3) is 6.01. The van der Waals surface area contributed by atoms with Gasteiger partial charge in [-0.15, -0.1) is 0 Å². The molecule has 9 heteroatoms. The number of amides is 2. The Morgan fingerprint density at radius 2 is 1.74 bits per heavy atom. The highest BCUT2D eigenvalue weighted by molar-refractivity contribution is 5.93. The van der Waals surface area contributed by atoms with E-state index in [-0.39, 0.29) is 29.7 Å². The summed E-state index contributed by atoms with van der Waals surface area (Å²) in [6, 6.07) is 15.7. The Labute approximate surface area is 220 Å². The number of rotatable bonds is 8. The molecule has 0 unspecified atom stereocenters. The van der Waals surface area contributed by atoms with Gasteiger partial charge in [-0.1, -0.05) is 18.2 Å². The number of aromatic hydroxyl groups is 1. The first-order chi connectivity index (χ1) is 18.0. The highest BCUT2D eigenvalue weighted by atomic mass is 16.4. The van der Waals surface area contributed by atoms with Gasteiger partial charge >= 0.3 is 5.97 Å². The minimum atomic E-state index is -1.02. The number of phenols is 1. The van der Waals surface area contributed by atoms with Gasteiger partial charge in [0, 0.05) is 18.7 Å². The van der Waals surface area contributed by atoms with Crippen LogP contribution in [0.25, 0.3) is 11.1 Å². The summed E-state index contributed by atoms with van der Waals surface area (Å²) < 4.78 is 0. The third-order valence-corrected chi connectivity index (χ3v) is 6.89. The van der Waals surface area contributed by atoms with Crippen molar-refractivity contribution < 1.29 is 29.7 Å². The molecule has 38 heavy (non-hydrogen) atoms. The number of phenolic OH excluding ortho intramolecular Hbond substituents is 1. The van der Waals surface area contributed by atoms with Crippen molar-refractivity contribution in [1.82, 2.24) is 10.2 Å². The first kappa shape index (κ1) is 26.8. The van der Waals surface area contributed by atoms with E-state index in [0.717, 1.165) is 27.8 Å². The average molecular weight is 518 g/mol. The van der Waals surface area contributed by atoms with Crippen LogP contribution in [0.5, 0.6) is 5.75 Å². The summed E-state index contributed by atoms with van der Waals surface area (Å²) >= 11 is 0. The maximum absolute atomic E-state index is 13.2. The van der Waals surface area contributed by atoms with E-state index in [9.17, 15) is 24.6 Å². The maximum Gasteiger partial charge on any atom is 0.335 e. The summed E-state index contributed by atoms with van der Waals surface area (Å²) in [5.74, 6) is -1.71. The standard InChI is InChI=1S/C29H31N3O6/c1-16-9-21(27(30)35)7-8-25(16)22-10-18(11-23(33)12-22)14-32-15-24(34)13-26(32)28(36)31-17(2)19-3-5-20(6-4-19)29(37)38/h3-12,17,24,26,33-34H,13-15H2,1-2H3,(H2,30,35)(H,31,36)(H,37,38)/t17-,24+,26+/m0/s1. The number of aromatic carboxylic acids is 1. The van der Waals surface area contributed by atoms with Crippen LogP contribution in [0, 0.1) is 6.92 Å². The zero-order valence-electron chi connectivity index (χ0n) is 21.2. The molecule has 1 saturated heterocycles. The molecule has 6 N–H and O–H groups in total. The van der Waals surface area contributed by atoms with Crippen LogP contribution in [0.15, 0.2) is 60.7 Å². The number of benzene rings is 3. The molecule has 3 aromatic rings. The average Bonchev–Trinajstić information content (AvgIpc) is 3.23. The number of nitrogens with two attached hydrogens (primary N) is 1. The lowest BCUT2D eigenvalue weighted by atomic mass is 9.96. The first-order valence-electron chi connectivity index (χ1n) is 12.3. The van der Waals surface area contributed by atoms with Crippen molar-refractivity contribution in [3.05, 3.63) is 88.5 Å². The summed E-state index contributed by atoms with van der Waals surface area (Å²) in [6.45, 7) is 4.31. The van der Waals surface area contributed by atoms with Gasteiger partial charge in [-0.05, 0) is 90.6 Å². The van der Waals surface area contributed by atoms with Crippen LogP contribution in [-0.4, -0.2) is 56.7 Å². The Hall–Kier alpha value is -4.21. The van der Waals surface area contributed by atoms with Crippen LogP contribution in [0.3, 0.4) is 0 Å². The molecule has 198 valence electrons. The van der Waals surface area contributed by atoms with E-state index < -0.39 is 24.0 Å². The number of likely N-dealkylation sites (tertiary alicyclic amines) is 1. The number of carboxylic acids is 1. The Morgan fingerprint density at radius 1 is 1.05 bits per heavy atom. The predicted octanol–water partition coefficient (Wildman–Crippen LogP) is 2.98. The molecule has 9 nitrogen and oxygen atoms in total. The number of hydrogen-bond acceptors (Lipinski definition) is 6. The van der Waals surface area contributed by atoms with E-state index in [4.69, 9.17) is 10.8 Å². The summed E-state index contributed by atoms with van der Waals surface area (Å²) in [4.78, 5) is 37.7. The molecule has 1 aliphatic heterocycles. The number of carbonyl (C=O) groups excluding carboxylic acids is 2. The second kappa shape index (κ2) is 11.0. The van der Waals surface area contributed by atoms with E-state index in [1.807, 2.05) is 24.8 Å². The van der Waals surface area contributed by atoms with Gasteiger partial charge in [0.2, 0.25) is 11.8 Å². The molecule has 0 bridgehead atoms. The fraction of sp³-hybridized carbons (Fsp3) is 0.276. The van der Waals surface area contributed by atoms with Crippen molar-refractivity contribution in [2.24, 2.45) is 5.73 Å². The maximum atomic E-state index is 13.2. The van der Waals surface area contributed by atoms with Gasteiger partial charge in [-0.2, -0.15) is 0 Å². The number of nitrogens with zero attached hydrogens (tertiary/aromatic N) is 1. The molecule has 0 saturated carbocycles. The smallest absolute Gasteiger partial charge is 0.335 e. The SMILES string of the molecule is Cc1cc(C(N)=O)ccc1-c1cc(O)cc(CN2C[C@H](O)C[C@@H]2C(=O)N[C@@H](C)c2ccc(C(=O)O)cc2)c1. The number of nitrogens with one attached hydrogen (secondary N) is 1. The lowest BCUT2D eigenvalue weighted by Gasteiger charge is -2.25. The molecular formula is C29H31N3O6. The molecule has 3 atom stereocenters. The highest BCUT2D eigenvalue weighted by Gasteiger charge is 2.36. The van der Waals surface area contributed by atoms with Crippen molar-refractivity contribution in [2.45, 2.75) is 45.0 Å². The van der Waals surface area contributed by atoms with Gasteiger partial charge in [0.05, 0.1) is 23.8 Å². The number of carboxylic acid groups (broad SMARTS) is 1. The number of aryl methyl sites for hydroxylation is 1. The van der Waals surface area contributed by atoms with Crippen LogP contribution in [0.1, 0.15) is 56.8 Å². The Bertz CT molecular complexity index is 1370. The zero-order chi connectivity index (χ0) is 27.6. The largest absolute Gasteiger partial charge is 0.508 e. The van der Waals surface area contributed by atoms with Crippen LogP contribution in [0.4, 0.5) is 0 Å². The van der Waals surface area contributed by atoms with E-state index in [0.29, 0.717) is 18.7 Å². The topological polar surface area (TPSA) is 153 Å². The Balaban J connectivity index is 1.50. The summed E-state index contributed by atoms with van der Waals surface area (Å²) in [6.07, 6.45) is -0.396. The molecule has 1 aliphatic rings. The number of carbonyl (C=O) groups is 3. The summed E-state index contributed by atoms with van der Waals surface area (Å²) in [5.41, 5.74) is 9.91. The van der Waals surface area contributed by atoms with Crippen molar-refractivity contribution >= 4 is 17.8 Å². The first-order valence-corrected chi connectivity index (χ1v) is 12.3. The second-order valence-electron chi connectivity index (χ2n) is 9.77. The number of aliphatic hydroxyl groups excluding tert-OH is 1. The van der Waals surface area contributed by atoms with Crippen molar-refractivity contribution in [3.63, 3.8) is 0 Å². The van der Waals surface area contributed by atoms with Crippen LogP contribution < -0.4 is 11.1 Å². The number of β-amino-alcohol motifs (C(OH)–C–C–N with tert-alkyl or cyclic N) is 1. The van der Waals surface area contributed by atoms with Gasteiger partial charge in [-0.3, -0.25) is 14.5 Å². The molecule has 0 spiro atoms. The molecule has 0 aromatic heterocycles. The lowest BCUT2D eigenvalue weighted by Crippen LogP contribution is -2.43. The molecule has 2 amide bonds. The van der Waals surface area contributed by atoms with Gasteiger partial charge < -0.3 is 26.4 Å². The minimum absolute atomic E-state index is 0.0649. The minimum Gasteiger partial charge on any atom is -0.508 e. The lowest BCUT2D eigenvalue weighted by molar-refractivity contribution is -0.126. The molecule has 1 heterocycles. The van der Waals surface area contributed by atoms with E-state index in [1.54, 1.807) is 42.5 Å². The van der Waals surface area contributed by atoms with Crippen LogP contribution >= 0.6 is 0 Å². The van der Waals surface area contributed by atoms with Crippen molar-refractivity contribution in [3.8, 4) is 16.9 Å². The fourth-order valence-electron chi connectivity index (χ4n) is 4.93. The van der Waals surface area contributed by atoms with E-state index in [2.05, 4.69) is 5.32 Å². The molecule has 0 aliphatic carbocycles. The van der Waals surface area contributed by atoms with Gasteiger partial charge in [0.15, 0.2) is 0 Å². The van der Waals surface area contributed by atoms with Crippen molar-refractivity contribution in [1.29, 1.82) is 0 Å². The Kier molecular flexibility index (Phi) is 7.80. The molecular weight excluding hydrogens is 486 g/mol. The molecule has 3 aromatic carbocycles. The molecule has 1 fully saturated rings. The van der Waals surface area contributed by atoms with Crippen molar-refractivity contribution in [2.75, 3.05) is 6.54 Å². The second-order valence-corrected chi connectivity index (χ2v) is 9.77. The summed E-state index contributed by atoms with van der Waals surface area (Å²) in [5, 5.41) is 32.8. The van der Waals surface area contributed by atoms with Gasteiger partial charge in [0.25, 0.3) is 0 Å². The van der Waals surface area contributed by atoms with Gasteiger partial charge in [-0.25, -0.2) is 4.79 Å². The number of primary amides is 1. The van der Waals surface area contributed by atoms with Crippen LogP contribution in [-0.2, 0) is 11.3 Å². The third-order valence-electron chi connectivity index (χ3n) is 6.89. The number of aliphatic hydroxyl groups is 1. The predicted molar refractivity (Wildman–Crippen MR) is 142 cm³/mol. The number of hydrogen-bond donors (Lipinski definition) is 5. The normalized spacial score (nSPS) is 18.2. The fourth-order valence-corrected chi connectivity index (χ4v) is 4.93.